The Bertz CT molecular complexity index is 780. The van der Waals surface area contributed by atoms with Gasteiger partial charge in [-0.25, -0.2) is 9.97 Å². The molecule has 1 aliphatic heterocycles. The minimum atomic E-state index is 0.482. The molecule has 0 bridgehead atoms. The lowest BCUT2D eigenvalue weighted by Gasteiger charge is -2.26. The van der Waals surface area contributed by atoms with E-state index in [1.807, 2.05) is 24.4 Å². The third kappa shape index (κ3) is 3.86. The second-order valence-corrected chi connectivity index (χ2v) is 8.21. The molecule has 0 amide bonds. The van der Waals surface area contributed by atoms with Crippen LogP contribution in [0.4, 0.5) is 5.82 Å². The summed E-state index contributed by atoms with van der Waals surface area (Å²) in [7, 11) is 3.90. The lowest BCUT2D eigenvalue weighted by atomic mass is 10.2. The van der Waals surface area contributed by atoms with E-state index in [4.69, 9.17) is 9.72 Å². The minimum Gasteiger partial charge on any atom is -0.496 e. The number of aromatic nitrogens is 2. The topological polar surface area (TPSA) is 41.5 Å². The number of nitrogens with zero attached hydrogens (tertiary/aromatic N) is 4. The Morgan fingerprint density at radius 1 is 1.27 bits per heavy atom. The van der Waals surface area contributed by atoms with E-state index in [1.165, 1.54) is 18.4 Å². The van der Waals surface area contributed by atoms with E-state index in [9.17, 15) is 0 Å². The van der Waals surface area contributed by atoms with Crippen LogP contribution in [0.25, 0.3) is 0 Å². The smallest absolute Gasteiger partial charge is 0.133 e. The first-order chi connectivity index (χ1) is 12.6. The monoisotopic (exact) mass is 416 g/mol. The summed E-state index contributed by atoms with van der Waals surface area (Å²) in [5.74, 6) is 3.61. The largest absolute Gasteiger partial charge is 0.496 e. The van der Waals surface area contributed by atoms with Gasteiger partial charge in [-0.2, -0.15) is 0 Å². The lowest BCUT2D eigenvalue weighted by Crippen LogP contribution is -2.35. The molecule has 0 N–H and O–H groups in total. The van der Waals surface area contributed by atoms with Crippen LogP contribution < -0.4 is 9.64 Å². The third-order valence-corrected chi connectivity index (χ3v) is 5.89. The minimum absolute atomic E-state index is 0.482. The van der Waals surface area contributed by atoms with Crippen LogP contribution in [-0.4, -0.2) is 48.2 Å². The van der Waals surface area contributed by atoms with Crippen LogP contribution in [0.15, 0.2) is 34.9 Å². The van der Waals surface area contributed by atoms with Crippen LogP contribution in [0.2, 0.25) is 0 Å². The molecule has 1 aromatic carbocycles. The summed E-state index contributed by atoms with van der Waals surface area (Å²) in [4.78, 5) is 14.1. The van der Waals surface area contributed by atoms with Crippen molar-refractivity contribution in [2.45, 2.75) is 37.8 Å². The number of likely N-dealkylation sites (N-methyl/N-ethyl adjacent to an activating group) is 1. The Morgan fingerprint density at radius 2 is 2.12 bits per heavy atom. The summed E-state index contributed by atoms with van der Waals surface area (Å²) in [6.07, 6.45) is 5.53. The number of benzene rings is 1. The Labute approximate surface area is 163 Å². The maximum Gasteiger partial charge on any atom is 0.133 e. The Kier molecular flexibility index (Phi) is 5.14. The molecule has 138 valence electrons. The molecular weight excluding hydrogens is 392 g/mol. The van der Waals surface area contributed by atoms with Gasteiger partial charge in [0.1, 0.15) is 17.4 Å². The number of hydrogen-bond donors (Lipinski definition) is 0. The maximum atomic E-state index is 5.52. The number of ether oxygens (including phenoxy) is 1. The van der Waals surface area contributed by atoms with E-state index in [0.29, 0.717) is 12.0 Å². The van der Waals surface area contributed by atoms with Crippen molar-refractivity contribution in [3.8, 4) is 5.75 Å². The zero-order valence-electron chi connectivity index (χ0n) is 15.4. The van der Waals surface area contributed by atoms with Crippen molar-refractivity contribution in [3.05, 3.63) is 46.3 Å². The normalized spacial score (nSPS) is 20.3. The molecule has 2 fully saturated rings. The van der Waals surface area contributed by atoms with Gasteiger partial charge < -0.3 is 9.64 Å². The summed E-state index contributed by atoms with van der Waals surface area (Å²) in [6, 6.07) is 8.72. The van der Waals surface area contributed by atoms with Gasteiger partial charge in [0.25, 0.3) is 0 Å². The van der Waals surface area contributed by atoms with E-state index in [1.54, 1.807) is 7.11 Å². The lowest BCUT2D eigenvalue weighted by molar-refractivity contribution is 0.316. The van der Waals surface area contributed by atoms with Crippen molar-refractivity contribution in [2.24, 2.45) is 0 Å². The second kappa shape index (κ2) is 7.53. The van der Waals surface area contributed by atoms with Gasteiger partial charge in [0, 0.05) is 54.9 Å². The predicted octanol–water partition coefficient (Wildman–Crippen LogP) is 3.84. The van der Waals surface area contributed by atoms with E-state index < -0.39 is 0 Å². The molecule has 1 saturated heterocycles. The van der Waals surface area contributed by atoms with Crippen LogP contribution >= 0.6 is 15.9 Å². The third-order valence-electron chi connectivity index (χ3n) is 5.40. The Balaban J connectivity index is 1.42. The highest BCUT2D eigenvalue weighted by Crippen LogP contribution is 2.38. The fourth-order valence-electron chi connectivity index (χ4n) is 3.67. The van der Waals surface area contributed by atoms with E-state index in [-0.39, 0.29) is 0 Å². The van der Waals surface area contributed by atoms with Gasteiger partial charge in [-0.1, -0.05) is 15.9 Å². The summed E-state index contributed by atoms with van der Waals surface area (Å²) in [5.41, 5.74) is 1.23. The van der Waals surface area contributed by atoms with Gasteiger partial charge in [-0.3, -0.25) is 4.90 Å². The molecule has 2 heterocycles. The molecule has 5 nitrogen and oxygen atoms in total. The van der Waals surface area contributed by atoms with E-state index in [0.717, 1.165) is 47.9 Å². The van der Waals surface area contributed by atoms with Gasteiger partial charge in [-0.05, 0) is 43.5 Å². The average molecular weight is 417 g/mol. The van der Waals surface area contributed by atoms with Crippen molar-refractivity contribution >= 4 is 21.7 Å². The van der Waals surface area contributed by atoms with Gasteiger partial charge in [0.05, 0.1) is 7.11 Å². The first-order valence-electron chi connectivity index (χ1n) is 9.24. The van der Waals surface area contributed by atoms with Crippen LogP contribution in [0.3, 0.4) is 0 Å². The average Bonchev–Trinajstić information content (AvgIpc) is 3.41. The molecule has 1 aromatic heterocycles. The summed E-state index contributed by atoms with van der Waals surface area (Å²) < 4.78 is 6.61. The fourth-order valence-corrected chi connectivity index (χ4v) is 4.08. The first kappa shape index (κ1) is 17.7. The standard InChI is InChI=1S/C20H25BrN4O/c1-24(19-7-9-22-20(23-19)14-3-4-14)17-8-10-25(13-17)12-15-11-16(21)5-6-18(15)26-2/h5-7,9,11,14,17H,3-4,8,10,12-13H2,1-2H3. The quantitative estimate of drug-likeness (QED) is 0.715. The molecule has 1 atom stereocenters. The van der Waals surface area contributed by atoms with Crippen LogP contribution in [-0.2, 0) is 6.54 Å². The van der Waals surface area contributed by atoms with Crippen molar-refractivity contribution < 1.29 is 4.74 Å². The zero-order valence-corrected chi connectivity index (χ0v) is 16.9. The van der Waals surface area contributed by atoms with Crippen LogP contribution in [0, 0.1) is 0 Å². The zero-order chi connectivity index (χ0) is 18.1. The second-order valence-electron chi connectivity index (χ2n) is 7.29. The molecule has 4 rings (SSSR count). The van der Waals surface area contributed by atoms with E-state index >= 15 is 0 Å². The van der Waals surface area contributed by atoms with Crippen LogP contribution in [0.5, 0.6) is 5.75 Å². The molecule has 0 spiro atoms. The number of hydrogen-bond acceptors (Lipinski definition) is 5. The van der Waals surface area contributed by atoms with Gasteiger partial charge >= 0.3 is 0 Å². The number of rotatable bonds is 6. The summed E-state index contributed by atoms with van der Waals surface area (Å²) >= 11 is 3.57. The van der Waals surface area contributed by atoms with Crippen molar-refractivity contribution in [1.82, 2.24) is 14.9 Å². The maximum absolute atomic E-state index is 5.52. The number of likely N-dealkylation sites (tertiary alicyclic amines) is 1. The summed E-state index contributed by atoms with van der Waals surface area (Å²) in [6.45, 7) is 3.03. The fraction of sp³-hybridized carbons (Fsp3) is 0.500. The van der Waals surface area contributed by atoms with Crippen molar-refractivity contribution in [1.29, 1.82) is 0 Å². The Morgan fingerprint density at radius 3 is 2.88 bits per heavy atom. The van der Waals surface area contributed by atoms with Gasteiger partial charge in [0.2, 0.25) is 0 Å². The molecular formula is C20H25BrN4O. The molecule has 6 heteroatoms. The first-order valence-corrected chi connectivity index (χ1v) is 10.0. The molecule has 2 aromatic rings. The van der Waals surface area contributed by atoms with Gasteiger partial charge in [0.15, 0.2) is 0 Å². The molecule has 2 aliphatic rings. The number of halogens is 1. The highest BCUT2D eigenvalue weighted by Gasteiger charge is 2.29. The molecule has 1 unspecified atom stereocenters. The molecule has 0 radical (unpaired) electrons. The SMILES string of the molecule is COc1ccc(Br)cc1CN1CCC(N(C)c2ccnc(C3CC3)n2)C1. The molecule has 1 aliphatic carbocycles. The highest BCUT2D eigenvalue weighted by molar-refractivity contribution is 9.10. The number of methoxy groups -OCH3 is 1. The molecule has 26 heavy (non-hydrogen) atoms. The summed E-state index contributed by atoms with van der Waals surface area (Å²) in [5, 5.41) is 0. The van der Waals surface area contributed by atoms with E-state index in [2.05, 4.69) is 43.8 Å². The van der Waals surface area contributed by atoms with Crippen LogP contribution in [0.1, 0.15) is 36.6 Å². The van der Waals surface area contributed by atoms with Crippen molar-refractivity contribution in [3.63, 3.8) is 0 Å². The van der Waals surface area contributed by atoms with Crippen molar-refractivity contribution in [2.75, 3.05) is 32.1 Å². The Hall–Kier alpha value is -1.66. The van der Waals surface area contributed by atoms with Gasteiger partial charge in [-0.15, -0.1) is 0 Å². The predicted molar refractivity (Wildman–Crippen MR) is 107 cm³/mol. The number of anilines is 1. The molecule has 1 saturated carbocycles. The highest BCUT2D eigenvalue weighted by atomic mass is 79.9.